The van der Waals surface area contributed by atoms with Crippen molar-refractivity contribution < 1.29 is 9.59 Å². The summed E-state index contributed by atoms with van der Waals surface area (Å²) in [6.07, 6.45) is 0.952. The lowest BCUT2D eigenvalue weighted by atomic mass is 9.96. The molecule has 0 bridgehead atoms. The van der Waals surface area contributed by atoms with E-state index in [2.05, 4.69) is 29.7 Å². The summed E-state index contributed by atoms with van der Waals surface area (Å²) in [4.78, 5) is 26.5. The number of hydrogen-bond acceptors (Lipinski definition) is 3. The third-order valence-corrected chi connectivity index (χ3v) is 5.06. The molecular weight excluding hydrogens is 350 g/mol. The first kappa shape index (κ1) is 21.6. The molecule has 0 saturated carbocycles. The molecule has 28 heavy (non-hydrogen) atoms. The van der Waals surface area contributed by atoms with Crippen molar-refractivity contribution in [1.29, 1.82) is 0 Å². The van der Waals surface area contributed by atoms with Gasteiger partial charge in [0.15, 0.2) is 0 Å². The van der Waals surface area contributed by atoms with Crippen molar-refractivity contribution >= 4 is 17.5 Å². The molecule has 2 N–H and O–H groups in total. The van der Waals surface area contributed by atoms with Gasteiger partial charge in [-0.25, -0.2) is 0 Å². The van der Waals surface area contributed by atoms with Gasteiger partial charge in [0.05, 0.1) is 12.6 Å². The van der Waals surface area contributed by atoms with Crippen LogP contribution in [0.3, 0.4) is 0 Å². The largest absolute Gasteiger partial charge is 0.354 e. The number of carbonyl (C=O) groups excluding carboxylic acids is 2. The highest BCUT2D eigenvalue weighted by Gasteiger charge is 2.21. The molecule has 150 valence electrons. The molecule has 0 aromatic heterocycles. The predicted octanol–water partition coefficient (Wildman–Crippen LogP) is 3.56. The molecule has 0 heterocycles. The Morgan fingerprint density at radius 2 is 1.68 bits per heavy atom. The fraction of sp³-hybridized carbons (Fsp3) is 0.391. The summed E-state index contributed by atoms with van der Waals surface area (Å²) >= 11 is 0. The minimum absolute atomic E-state index is 0.0694. The van der Waals surface area contributed by atoms with Gasteiger partial charge < -0.3 is 10.6 Å². The average molecular weight is 382 g/mol. The SMILES string of the molecule is CC[C@H](CNC(=O)[C@H](C)N(C)CC(=O)Nc1ccc(C)cc1)c1ccccc1. The summed E-state index contributed by atoms with van der Waals surface area (Å²) in [6, 6.07) is 17.5. The molecule has 0 spiro atoms. The second-order valence-corrected chi connectivity index (χ2v) is 7.27. The molecule has 0 fully saturated rings. The molecule has 0 radical (unpaired) electrons. The quantitative estimate of drug-likeness (QED) is 0.698. The summed E-state index contributed by atoms with van der Waals surface area (Å²) in [5.74, 6) is 0.0780. The Morgan fingerprint density at radius 3 is 2.29 bits per heavy atom. The number of aryl methyl sites for hydroxylation is 1. The first-order chi connectivity index (χ1) is 13.4. The topological polar surface area (TPSA) is 61.4 Å². The van der Waals surface area contributed by atoms with Crippen LogP contribution in [0.2, 0.25) is 0 Å². The van der Waals surface area contributed by atoms with E-state index >= 15 is 0 Å². The normalized spacial score (nSPS) is 13.0. The Hall–Kier alpha value is -2.66. The van der Waals surface area contributed by atoms with Crippen LogP contribution in [0.4, 0.5) is 5.69 Å². The van der Waals surface area contributed by atoms with E-state index in [0.717, 1.165) is 17.7 Å². The summed E-state index contributed by atoms with van der Waals surface area (Å²) in [5.41, 5.74) is 3.12. The van der Waals surface area contributed by atoms with Crippen LogP contribution in [-0.4, -0.2) is 42.9 Å². The van der Waals surface area contributed by atoms with Crippen molar-refractivity contribution in [3.8, 4) is 0 Å². The molecule has 0 aliphatic carbocycles. The summed E-state index contributed by atoms with van der Waals surface area (Å²) in [7, 11) is 1.79. The van der Waals surface area contributed by atoms with Crippen LogP contribution in [0.1, 0.15) is 37.3 Å². The fourth-order valence-corrected chi connectivity index (χ4v) is 3.00. The number of hydrogen-bond donors (Lipinski definition) is 2. The minimum atomic E-state index is -0.392. The number of rotatable bonds is 9. The van der Waals surface area contributed by atoms with Crippen molar-refractivity contribution in [2.45, 2.75) is 39.2 Å². The molecule has 5 heteroatoms. The van der Waals surface area contributed by atoms with Crippen molar-refractivity contribution in [3.63, 3.8) is 0 Å². The van der Waals surface area contributed by atoms with Crippen LogP contribution in [-0.2, 0) is 9.59 Å². The Labute approximate surface area is 168 Å². The van der Waals surface area contributed by atoms with Crippen LogP contribution >= 0.6 is 0 Å². The molecule has 0 aliphatic heterocycles. The van der Waals surface area contributed by atoms with E-state index in [-0.39, 0.29) is 24.3 Å². The van der Waals surface area contributed by atoms with Gasteiger partial charge >= 0.3 is 0 Å². The number of benzene rings is 2. The van der Waals surface area contributed by atoms with Crippen LogP contribution in [0.25, 0.3) is 0 Å². The molecule has 5 nitrogen and oxygen atoms in total. The summed E-state index contributed by atoms with van der Waals surface area (Å²) in [5, 5.41) is 5.89. The van der Waals surface area contributed by atoms with Crippen molar-refractivity contribution in [2.24, 2.45) is 0 Å². The highest BCUT2D eigenvalue weighted by molar-refractivity contribution is 5.92. The van der Waals surface area contributed by atoms with Gasteiger partial charge in [-0.2, -0.15) is 0 Å². The Bertz CT molecular complexity index is 759. The van der Waals surface area contributed by atoms with E-state index in [0.29, 0.717) is 6.54 Å². The number of nitrogens with zero attached hydrogens (tertiary/aromatic N) is 1. The van der Waals surface area contributed by atoms with Crippen LogP contribution in [0.15, 0.2) is 54.6 Å². The minimum Gasteiger partial charge on any atom is -0.354 e. The Kier molecular flexibility index (Phi) is 8.20. The molecule has 2 rings (SSSR count). The zero-order valence-electron chi connectivity index (χ0n) is 17.2. The third kappa shape index (κ3) is 6.50. The van der Waals surface area contributed by atoms with E-state index < -0.39 is 6.04 Å². The zero-order valence-corrected chi connectivity index (χ0v) is 17.2. The maximum absolute atomic E-state index is 12.5. The molecule has 2 aromatic rings. The second kappa shape index (κ2) is 10.6. The van der Waals surface area contributed by atoms with E-state index in [1.807, 2.05) is 56.3 Å². The predicted molar refractivity (Wildman–Crippen MR) is 114 cm³/mol. The van der Waals surface area contributed by atoms with Crippen LogP contribution < -0.4 is 10.6 Å². The van der Waals surface area contributed by atoms with Crippen LogP contribution in [0, 0.1) is 6.92 Å². The standard InChI is InChI=1S/C23H31N3O2/c1-5-19(20-9-7-6-8-10-20)15-24-23(28)18(3)26(4)16-22(27)25-21-13-11-17(2)12-14-21/h6-14,18-19H,5,15-16H2,1-4H3,(H,24,28)(H,25,27)/t18-,19+/m0/s1. The summed E-state index contributed by atoms with van der Waals surface area (Å²) < 4.78 is 0. The Balaban J connectivity index is 1.82. The van der Waals surface area contributed by atoms with Gasteiger partial charge in [0, 0.05) is 18.2 Å². The third-order valence-electron chi connectivity index (χ3n) is 5.06. The fourth-order valence-electron chi connectivity index (χ4n) is 3.00. The lowest BCUT2D eigenvalue weighted by Crippen LogP contribution is -2.46. The highest BCUT2D eigenvalue weighted by atomic mass is 16.2. The number of likely N-dealkylation sites (N-methyl/N-ethyl adjacent to an activating group) is 1. The molecule has 0 aliphatic rings. The van der Waals surface area contributed by atoms with E-state index in [9.17, 15) is 9.59 Å². The van der Waals surface area contributed by atoms with Gasteiger partial charge in [0.1, 0.15) is 0 Å². The lowest BCUT2D eigenvalue weighted by molar-refractivity contribution is -0.126. The first-order valence-corrected chi connectivity index (χ1v) is 9.80. The van der Waals surface area contributed by atoms with Gasteiger partial charge in [-0.1, -0.05) is 55.0 Å². The smallest absolute Gasteiger partial charge is 0.238 e. The maximum Gasteiger partial charge on any atom is 0.238 e. The monoisotopic (exact) mass is 381 g/mol. The number of carbonyl (C=O) groups is 2. The molecular formula is C23H31N3O2. The Morgan fingerprint density at radius 1 is 1.04 bits per heavy atom. The van der Waals surface area contributed by atoms with Gasteiger partial charge in [0.2, 0.25) is 11.8 Å². The maximum atomic E-state index is 12.5. The summed E-state index contributed by atoms with van der Waals surface area (Å²) in [6.45, 7) is 6.68. The average Bonchev–Trinajstić information content (AvgIpc) is 2.70. The van der Waals surface area contributed by atoms with Gasteiger partial charge in [0.25, 0.3) is 0 Å². The van der Waals surface area contributed by atoms with Crippen molar-refractivity contribution in [3.05, 3.63) is 65.7 Å². The molecule has 0 saturated heterocycles. The lowest BCUT2D eigenvalue weighted by Gasteiger charge is -2.24. The van der Waals surface area contributed by atoms with Gasteiger partial charge in [-0.3, -0.25) is 14.5 Å². The number of amides is 2. The molecule has 2 amide bonds. The van der Waals surface area contributed by atoms with Gasteiger partial charge in [-0.15, -0.1) is 0 Å². The highest BCUT2D eigenvalue weighted by Crippen LogP contribution is 2.18. The number of anilines is 1. The number of nitrogens with one attached hydrogen (secondary N) is 2. The molecule has 0 unspecified atom stereocenters. The van der Waals surface area contributed by atoms with Crippen molar-refractivity contribution in [1.82, 2.24) is 10.2 Å². The van der Waals surface area contributed by atoms with E-state index in [4.69, 9.17) is 0 Å². The second-order valence-electron chi connectivity index (χ2n) is 7.27. The molecule has 2 atom stereocenters. The van der Waals surface area contributed by atoms with Gasteiger partial charge in [-0.05, 0) is 45.0 Å². The zero-order chi connectivity index (χ0) is 20.5. The van der Waals surface area contributed by atoms with E-state index in [1.54, 1.807) is 11.9 Å². The first-order valence-electron chi connectivity index (χ1n) is 9.80. The molecule has 2 aromatic carbocycles. The van der Waals surface area contributed by atoms with Crippen LogP contribution in [0.5, 0.6) is 0 Å². The van der Waals surface area contributed by atoms with E-state index in [1.165, 1.54) is 5.56 Å². The van der Waals surface area contributed by atoms with Crippen molar-refractivity contribution in [2.75, 3.05) is 25.5 Å².